The number of fused-ring (bicyclic) bond motifs is 2. The van der Waals surface area contributed by atoms with Crippen LogP contribution in [0.15, 0.2) is 53.9 Å². The fourth-order valence-electron chi connectivity index (χ4n) is 4.05. The fourth-order valence-corrected chi connectivity index (χ4v) is 4.05. The third-order valence-corrected chi connectivity index (χ3v) is 5.50. The minimum absolute atomic E-state index is 0.0582. The summed E-state index contributed by atoms with van der Waals surface area (Å²) in [6.45, 7) is 3.44. The number of hydrogen-bond donors (Lipinski definition) is 1. The standard InChI is InChI=1S/C24H22N4O3/c1-14-9-15(2)16-11-19(26-18(16)10-14)24(30)31-13-22(29)17(12-25)23-27(3)20-7-5-6-8-21(20)28(23)4/h5-11,26H,13H2,1-4H3. The Hall–Kier alpha value is -4.05. The Bertz CT molecular complexity index is 1260. The minimum Gasteiger partial charge on any atom is -0.453 e. The number of esters is 1. The number of aromatic amines is 1. The fraction of sp³-hybridized carbons (Fsp3) is 0.208. The number of hydrogen-bond acceptors (Lipinski definition) is 6. The largest absolute Gasteiger partial charge is 0.453 e. The van der Waals surface area contributed by atoms with Gasteiger partial charge in [0.2, 0.25) is 5.78 Å². The predicted octanol–water partition coefficient (Wildman–Crippen LogP) is 3.83. The number of nitrogens with one attached hydrogen (secondary N) is 1. The van der Waals surface area contributed by atoms with Crippen LogP contribution in [0.3, 0.4) is 0 Å². The van der Waals surface area contributed by atoms with Crippen molar-refractivity contribution in [3.8, 4) is 6.07 Å². The SMILES string of the molecule is Cc1cc(C)c2cc(C(=O)OCC(=O)C(C#N)=C3N(C)c4ccccc4N3C)[nH]c2c1. The van der Waals surface area contributed by atoms with Crippen LogP contribution >= 0.6 is 0 Å². The second kappa shape index (κ2) is 7.65. The molecule has 0 unspecified atom stereocenters. The summed E-state index contributed by atoms with van der Waals surface area (Å²) in [6, 6.07) is 15.3. The van der Waals surface area contributed by atoms with Gasteiger partial charge in [0.25, 0.3) is 0 Å². The van der Waals surface area contributed by atoms with Gasteiger partial charge in [0.1, 0.15) is 23.2 Å². The molecule has 7 nitrogen and oxygen atoms in total. The second-order valence-electron chi connectivity index (χ2n) is 7.64. The number of para-hydroxylation sites is 2. The summed E-state index contributed by atoms with van der Waals surface area (Å²) in [6.07, 6.45) is 0. The number of nitrogens with zero attached hydrogens (tertiary/aromatic N) is 3. The van der Waals surface area contributed by atoms with E-state index in [1.807, 2.05) is 56.3 Å². The van der Waals surface area contributed by atoms with Crippen molar-refractivity contribution in [1.29, 1.82) is 5.26 Å². The highest BCUT2D eigenvalue weighted by molar-refractivity contribution is 6.05. The van der Waals surface area contributed by atoms with Gasteiger partial charge < -0.3 is 19.5 Å². The first kappa shape index (κ1) is 20.2. The molecule has 1 aromatic heterocycles. The Morgan fingerprint density at radius 2 is 1.71 bits per heavy atom. The topological polar surface area (TPSA) is 89.4 Å². The summed E-state index contributed by atoms with van der Waals surface area (Å²) in [5, 5.41) is 10.6. The van der Waals surface area contributed by atoms with E-state index < -0.39 is 18.4 Å². The van der Waals surface area contributed by atoms with Gasteiger partial charge in [0.15, 0.2) is 6.61 Å². The average Bonchev–Trinajstić information content (AvgIpc) is 3.28. The van der Waals surface area contributed by atoms with Crippen LogP contribution in [-0.2, 0) is 9.53 Å². The van der Waals surface area contributed by atoms with Crippen LogP contribution in [-0.4, -0.2) is 37.4 Å². The van der Waals surface area contributed by atoms with Gasteiger partial charge in [-0.2, -0.15) is 5.26 Å². The number of carbonyl (C=O) groups excluding carboxylic acids is 2. The lowest BCUT2D eigenvalue weighted by molar-refractivity contribution is -0.118. The normalized spacial score (nSPS) is 12.7. The number of anilines is 2. The van der Waals surface area contributed by atoms with E-state index in [4.69, 9.17) is 4.74 Å². The van der Waals surface area contributed by atoms with Gasteiger partial charge in [-0.25, -0.2) is 4.79 Å². The Morgan fingerprint density at radius 1 is 1.06 bits per heavy atom. The lowest BCUT2D eigenvalue weighted by Gasteiger charge is -2.19. The zero-order valence-corrected chi connectivity index (χ0v) is 17.8. The molecule has 0 saturated carbocycles. The Labute approximate surface area is 180 Å². The van der Waals surface area contributed by atoms with Crippen LogP contribution in [0.1, 0.15) is 21.6 Å². The van der Waals surface area contributed by atoms with Crippen LogP contribution in [0.25, 0.3) is 10.9 Å². The highest BCUT2D eigenvalue weighted by atomic mass is 16.5. The molecule has 3 aromatic rings. The molecule has 0 bridgehead atoms. The highest BCUT2D eigenvalue weighted by Crippen LogP contribution is 2.40. The molecular weight excluding hydrogens is 392 g/mol. The summed E-state index contributed by atoms with van der Waals surface area (Å²) in [4.78, 5) is 31.9. The van der Waals surface area contributed by atoms with Crippen molar-refractivity contribution in [2.24, 2.45) is 0 Å². The van der Waals surface area contributed by atoms with Gasteiger partial charge in [-0.05, 0) is 49.2 Å². The van der Waals surface area contributed by atoms with Crippen molar-refractivity contribution in [1.82, 2.24) is 4.98 Å². The maximum Gasteiger partial charge on any atom is 0.355 e. The second-order valence-corrected chi connectivity index (χ2v) is 7.64. The third kappa shape index (κ3) is 3.42. The lowest BCUT2D eigenvalue weighted by atomic mass is 10.1. The number of ether oxygens (including phenoxy) is 1. The monoisotopic (exact) mass is 414 g/mol. The number of aryl methyl sites for hydroxylation is 2. The smallest absolute Gasteiger partial charge is 0.355 e. The molecule has 156 valence electrons. The Morgan fingerprint density at radius 3 is 2.32 bits per heavy atom. The number of Topliss-reactive ketones (excluding diaryl/α,β-unsaturated/α-hetero) is 1. The number of ketones is 1. The van der Waals surface area contributed by atoms with Gasteiger partial charge in [0, 0.05) is 25.0 Å². The van der Waals surface area contributed by atoms with E-state index in [1.54, 1.807) is 30.0 Å². The number of H-pyrrole nitrogens is 1. The molecule has 0 atom stereocenters. The molecular formula is C24H22N4O3. The van der Waals surface area contributed by atoms with Crippen LogP contribution < -0.4 is 9.80 Å². The van der Waals surface area contributed by atoms with Crippen molar-refractivity contribution in [3.63, 3.8) is 0 Å². The molecule has 2 aromatic carbocycles. The van der Waals surface area contributed by atoms with E-state index in [9.17, 15) is 14.9 Å². The predicted molar refractivity (Wildman–Crippen MR) is 119 cm³/mol. The number of rotatable bonds is 4. The first-order valence-corrected chi connectivity index (χ1v) is 9.83. The molecule has 0 radical (unpaired) electrons. The summed E-state index contributed by atoms with van der Waals surface area (Å²) < 4.78 is 5.24. The van der Waals surface area contributed by atoms with Crippen molar-refractivity contribution < 1.29 is 14.3 Å². The van der Waals surface area contributed by atoms with E-state index in [0.29, 0.717) is 5.82 Å². The zero-order valence-electron chi connectivity index (χ0n) is 17.8. The molecule has 4 rings (SSSR count). The molecule has 1 aliphatic rings. The molecule has 1 N–H and O–H groups in total. The van der Waals surface area contributed by atoms with Crippen molar-refractivity contribution in [2.45, 2.75) is 13.8 Å². The zero-order chi connectivity index (χ0) is 22.3. The van der Waals surface area contributed by atoms with Gasteiger partial charge >= 0.3 is 5.97 Å². The van der Waals surface area contributed by atoms with E-state index in [2.05, 4.69) is 4.98 Å². The lowest BCUT2D eigenvalue weighted by Crippen LogP contribution is -2.27. The molecule has 7 heteroatoms. The maximum atomic E-state index is 12.8. The van der Waals surface area contributed by atoms with Crippen molar-refractivity contribution >= 4 is 34.0 Å². The first-order valence-electron chi connectivity index (χ1n) is 9.83. The quantitative estimate of drug-likeness (QED) is 0.396. The number of nitriles is 1. The van der Waals surface area contributed by atoms with E-state index >= 15 is 0 Å². The molecule has 0 fully saturated rings. The van der Waals surface area contributed by atoms with E-state index in [1.165, 1.54) is 0 Å². The van der Waals surface area contributed by atoms with Crippen LogP contribution in [0.5, 0.6) is 0 Å². The van der Waals surface area contributed by atoms with Crippen molar-refractivity contribution in [3.05, 3.63) is 70.7 Å². The van der Waals surface area contributed by atoms with Gasteiger partial charge in [-0.1, -0.05) is 18.2 Å². The van der Waals surface area contributed by atoms with Crippen LogP contribution in [0, 0.1) is 25.2 Å². The molecule has 2 heterocycles. The number of aromatic nitrogens is 1. The summed E-state index contributed by atoms with van der Waals surface area (Å²) >= 11 is 0. The van der Waals surface area contributed by atoms with Gasteiger partial charge in [-0.3, -0.25) is 4.79 Å². The molecule has 0 saturated heterocycles. The number of carbonyl (C=O) groups is 2. The first-order chi connectivity index (χ1) is 14.8. The Kier molecular flexibility index (Phi) is 4.99. The third-order valence-electron chi connectivity index (χ3n) is 5.50. The van der Waals surface area contributed by atoms with Crippen molar-refractivity contribution in [2.75, 3.05) is 30.5 Å². The minimum atomic E-state index is -0.639. The van der Waals surface area contributed by atoms with Crippen LogP contribution in [0.4, 0.5) is 11.4 Å². The number of benzene rings is 2. The Balaban J connectivity index is 1.54. The maximum absolute atomic E-state index is 12.8. The molecule has 0 spiro atoms. The van der Waals surface area contributed by atoms with Crippen LogP contribution in [0.2, 0.25) is 0 Å². The summed E-state index contributed by atoms with van der Waals surface area (Å²) in [5.74, 6) is -0.734. The molecule has 1 aliphatic heterocycles. The van der Waals surface area contributed by atoms with Gasteiger partial charge in [-0.15, -0.1) is 0 Å². The summed E-state index contributed by atoms with van der Waals surface area (Å²) in [5.41, 5.74) is 4.95. The molecule has 31 heavy (non-hydrogen) atoms. The molecule has 0 aliphatic carbocycles. The van der Waals surface area contributed by atoms with Gasteiger partial charge in [0.05, 0.1) is 11.4 Å². The summed E-state index contributed by atoms with van der Waals surface area (Å²) in [7, 11) is 3.59. The highest BCUT2D eigenvalue weighted by Gasteiger charge is 2.31. The average molecular weight is 414 g/mol. The molecule has 0 amide bonds. The van der Waals surface area contributed by atoms with E-state index in [0.717, 1.165) is 33.4 Å². The van der Waals surface area contributed by atoms with E-state index in [-0.39, 0.29) is 11.3 Å².